The zero-order valence-corrected chi connectivity index (χ0v) is 13.1. The first-order valence-corrected chi connectivity index (χ1v) is 7.95. The quantitative estimate of drug-likeness (QED) is 0.700. The van der Waals surface area contributed by atoms with Gasteiger partial charge >= 0.3 is 0 Å². The lowest BCUT2D eigenvalue weighted by molar-refractivity contribution is 0.331. The molecule has 0 spiro atoms. The van der Waals surface area contributed by atoms with Crippen molar-refractivity contribution in [3.05, 3.63) is 64.6 Å². The molecule has 1 aromatic carbocycles. The third kappa shape index (κ3) is 3.78. The van der Waals surface area contributed by atoms with E-state index in [1.807, 2.05) is 24.0 Å². The van der Waals surface area contributed by atoms with Crippen LogP contribution in [0.2, 0.25) is 0 Å². The molecule has 0 fully saturated rings. The van der Waals surface area contributed by atoms with E-state index in [9.17, 15) is 4.39 Å². The summed E-state index contributed by atoms with van der Waals surface area (Å²) >= 11 is 1.69. The Hall–Kier alpha value is -2.05. The van der Waals surface area contributed by atoms with Crippen molar-refractivity contribution >= 4 is 11.3 Å². The number of likely N-dealkylation sites (N-methyl/N-ethyl adjacent to an activating group) is 1. The monoisotopic (exact) mass is 316 g/mol. The molecule has 0 bridgehead atoms. The molecular formula is C16H17FN4S. The molecular weight excluding hydrogens is 299 g/mol. The van der Waals surface area contributed by atoms with Crippen LogP contribution in [0.3, 0.4) is 0 Å². The molecule has 0 amide bonds. The lowest BCUT2D eigenvalue weighted by Crippen LogP contribution is -2.20. The van der Waals surface area contributed by atoms with E-state index in [0.717, 1.165) is 35.8 Å². The van der Waals surface area contributed by atoms with Crippen LogP contribution in [-0.2, 0) is 13.0 Å². The molecule has 4 nitrogen and oxygen atoms in total. The first kappa shape index (κ1) is 14.9. The Morgan fingerprint density at radius 1 is 1.27 bits per heavy atom. The molecule has 22 heavy (non-hydrogen) atoms. The third-order valence-corrected chi connectivity index (χ3v) is 4.21. The highest BCUT2D eigenvalue weighted by atomic mass is 32.1. The van der Waals surface area contributed by atoms with E-state index in [1.165, 1.54) is 12.1 Å². The SMILES string of the molecule is CN(CCc1nccs1)Cc1cnn(-c2ccc(F)cc2)c1. The molecule has 0 saturated carbocycles. The number of aromatic nitrogens is 3. The normalized spacial score (nSPS) is 11.2. The third-order valence-electron chi connectivity index (χ3n) is 3.37. The van der Waals surface area contributed by atoms with Gasteiger partial charge in [-0.05, 0) is 31.3 Å². The van der Waals surface area contributed by atoms with Crippen LogP contribution in [0.15, 0.2) is 48.2 Å². The number of thiazole rings is 1. The maximum atomic E-state index is 12.9. The van der Waals surface area contributed by atoms with Crippen LogP contribution in [0.1, 0.15) is 10.6 Å². The van der Waals surface area contributed by atoms with Crippen molar-refractivity contribution in [2.45, 2.75) is 13.0 Å². The van der Waals surface area contributed by atoms with Gasteiger partial charge in [-0.2, -0.15) is 5.10 Å². The summed E-state index contributed by atoms with van der Waals surface area (Å²) in [5, 5.41) is 7.50. The van der Waals surface area contributed by atoms with Crippen molar-refractivity contribution < 1.29 is 4.39 Å². The topological polar surface area (TPSA) is 34.0 Å². The van der Waals surface area contributed by atoms with Gasteiger partial charge in [-0.1, -0.05) is 0 Å². The maximum Gasteiger partial charge on any atom is 0.123 e. The summed E-state index contributed by atoms with van der Waals surface area (Å²) in [7, 11) is 2.09. The lowest BCUT2D eigenvalue weighted by atomic mass is 10.3. The molecule has 0 atom stereocenters. The van der Waals surface area contributed by atoms with Gasteiger partial charge in [-0.15, -0.1) is 11.3 Å². The van der Waals surface area contributed by atoms with Gasteiger partial charge in [0.25, 0.3) is 0 Å². The van der Waals surface area contributed by atoms with Crippen molar-refractivity contribution in [3.8, 4) is 5.69 Å². The molecule has 0 radical (unpaired) electrons. The predicted octanol–water partition coefficient (Wildman–Crippen LogP) is 3.14. The summed E-state index contributed by atoms with van der Waals surface area (Å²) in [6.45, 7) is 1.78. The smallest absolute Gasteiger partial charge is 0.123 e. The fraction of sp³-hybridized carbons (Fsp3) is 0.250. The van der Waals surface area contributed by atoms with Crippen molar-refractivity contribution in [2.24, 2.45) is 0 Å². The maximum absolute atomic E-state index is 12.9. The number of rotatable bonds is 6. The van der Waals surface area contributed by atoms with E-state index in [2.05, 4.69) is 22.0 Å². The second-order valence-electron chi connectivity index (χ2n) is 5.18. The Morgan fingerprint density at radius 2 is 2.09 bits per heavy atom. The Morgan fingerprint density at radius 3 is 2.82 bits per heavy atom. The molecule has 3 aromatic rings. The Bertz CT molecular complexity index is 706. The molecule has 114 valence electrons. The highest BCUT2D eigenvalue weighted by molar-refractivity contribution is 7.09. The lowest BCUT2D eigenvalue weighted by Gasteiger charge is -2.14. The minimum atomic E-state index is -0.238. The summed E-state index contributed by atoms with van der Waals surface area (Å²) in [6, 6.07) is 6.32. The van der Waals surface area contributed by atoms with E-state index < -0.39 is 0 Å². The molecule has 6 heteroatoms. The van der Waals surface area contributed by atoms with Gasteiger partial charge in [0.1, 0.15) is 5.82 Å². The number of hydrogen-bond acceptors (Lipinski definition) is 4. The average molecular weight is 316 g/mol. The average Bonchev–Trinajstić information content (AvgIpc) is 3.17. The summed E-state index contributed by atoms with van der Waals surface area (Å²) < 4.78 is 14.7. The first-order chi connectivity index (χ1) is 10.7. The van der Waals surface area contributed by atoms with Crippen LogP contribution in [0.5, 0.6) is 0 Å². The largest absolute Gasteiger partial charge is 0.302 e. The second-order valence-corrected chi connectivity index (χ2v) is 6.16. The number of halogens is 1. The molecule has 0 saturated heterocycles. The van der Waals surface area contributed by atoms with Gasteiger partial charge in [-0.3, -0.25) is 0 Å². The van der Waals surface area contributed by atoms with Crippen molar-refractivity contribution in [1.82, 2.24) is 19.7 Å². The van der Waals surface area contributed by atoms with Gasteiger partial charge in [-0.25, -0.2) is 14.1 Å². The molecule has 0 aliphatic rings. The molecule has 0 unspecified atom stereocenters. The van der Waals surface area contributed by atoms with Gasteiger partial charge < -0.3 is 4.90 Å². The van der Waals surface area contributed by atoms with Crippen LogP contribution in [0.25, 0.3) is 5.69 Å². The van der Waals surface area contributed by atoms with E-state index >= 15 is 0 Å². The fourth-order valence-corrected chi connectivity index (χ4v) is 2.84. The Labute approximate surface area is 132 Å². The molecule has 2 aromatic heterocycles. The molecule has 3 rings (SSSR count). The molecule has 0 aliphatic heterocycles. The predicted molar refractivity (Wildman–Crippen MR) is 85.7 cm³/mol. The molecule has 0 N–H and O–H groups in total. The highest BCUT2D eigenvalue weighted by Crippen LogP contribution is 2.11. The highest BCUT2D eigenvalue weighted by Gasteiger charge is 2.06. The van der Waals surface area contributed by atoms with E-state index in [-0.39, 0.29) is 5.82 Å². The minimum Gasteiger partial charge on any atom is -0.302 e. The van der Waals surface area contributed by atoms with Crippen molar-refractivity contribution in [3.63, 3.8) is 0 Å². The van der Waals surface area contributed by atoms with Crippen molar-refractivity contribution in [1.29, 1.82) is 0 Å². The fourth-order valence-electron chi connectivity index (χ4n) is 2.23. The summed E-state index contributed by atoms with van der Waals surface area (Å²) in [5.41, 5.74) is 1.99. The summed E-state index contributed by atoms with van der Waals surface area (Å²) in [5.74, 6) is -0.238. The van der Waals surface area contributed by atoms with Crippen molar-refractivity contribution in [2.75, 3.05) is 13.6 Å². The molecule has 0 aliphatic carbocycles. The van der Waals surface area contributed by atoms with Crippen LogP contribution in [-0.4, -0.2) is 33.3 Å². The second kappa shape index (κ2) is 6.81. The van der Waals surface area contributed by atoms with Gasteiger partial charge in [0, 0.05) is 42.8 Å². The first-order valence-electron chi connectivity index (χ1n) is 7.07. The summed E-state index contributed by atoms with van der Waals surface area (Å²) in [4.78, 5) is 6.53. The van der Waals surface area contributed by atoms with Crippen LogP contribution in [0.4, 0.5) is 4.39 Å². The Kier molecular flexibility index (Phi) is 4.60. The van der Waals surface area contributed by atoms with Gasteiger partial charge in [0.2, 0.25) is 0 Å². The minimum absolute atomic E-state index is 0.238. The Balaban J connectivity index is 1.58. The zero-order chi connectivity index (χ0) is 15.4. The number of benzene rings is 1. The van der Waals surface area contributed by atoms with Crippen LogP contribution in [0, 0.1) is 5.82 Å². The van der Waals surface area contributed by atoms with E-state index in [1.54, 1.807) is 28.2 Å². The van der Waals surface area contributed by atoms with Crippen LogP contribution >= 0.6 is 11.3 Å². The standard InChI is InChI=1S/C16H17FN4S/c1-20(8-6-16-18-7-9-22-16)11-13-10-19-21(12-13)15-4-2-14(17)3-5-15/h2-5,7,9-10,12H,6,8,11H2,1H3. The van der Waals surface area contributed by atoms with Gasteiger partial charge in [0.15, 0.2) is 0 Å². The zero-order valence-electron chi connectivity index (χ0n) is 12.3. The number of nitrogens with zero attached hydrogens (tertiary/aromatic N) is 4. The van der Waals surface area contributed by atoms with E-state index in [0.29, 0.717) is 0 Å². The van der Waals surface area contributed by atoms with Gasteiger partial charge in [0.05, 0.1) is 16.9 Å². The van der Waals surface area contributed by atoms with E-state index in [4.69, 9.17) is 0 Å². The number of hydrogen-bond donors (Lipinski definition) is 0. The van der Waals surface area contributed by atoms with Crippen LogP contribution < -0.4 is 0 Å². The molecule has 2 heterocycles. The summed E-state index contributed by atoms with van der Waals surface area (Å²) in [6.07, 6.45) is 6.63.